The third kappa shape index (κ3) is 6.26. The molecule has 1 atom stereocenters. The molecule has 1 amide bonds. The number of nitrogens with one attached hydrogen (secondary N) is 1. The van der Waals surface area contributed by atoms with Crippen molar-refractivity contribution in [2.24, 2.45) is 12.0 Å². The Labute approximate surface area is 190 Å². The lowest BCUT2D eigenvalue weighted by atomic mass is 10.3. The Kier molecular flexibility index (Phi) is 9.08. The smallest absolute Gasteiger partial charge is 0.246 e. The van der Waals surface area contributed by atoms with Crippen LogP contribution < -0.4 is 10.2 Å². The molecule has 1 aliphatic rings. The van der Waals surface area contributed by atoms with Gasteiger partial charge in [0, 0.05) is 43.5 Å². The van der Waals surface area contributed by atoms with Crippen LogP contribution in [0.15, 0.2) is 52.6 Å². The van der Waals surface area contributed by atoms with Gasteiger partial charge in [0.2, 0.25) is 5.91 Å². The van der Waals surface area contributed by atoms with Gasteiger partial charge in [-0.3, -0.25) is 18.7 Å². The molecule has 1 aliphatic heterocycles. The lowest BCUT2D eigenvalue weighted by molar-refractivity contribution is -0.120. The molecule has 2 heterocycles. The van der Waals surface area contributed by atoms with Gasteiger partial charge >= 0.3 is 0 Å². The number of guanidine groups is 1. The Balaban J connectivity index is 0.00000300. The Bertz CT molecular complexity index is 857. The fourth-order valence-corrected chi connectivity index (χ4v) is 3.98. The number of hydrogen-bond acceptors (Lipinski definition) is 4. The van der Waals surface area contributed by atoms with Crippen LogP contribution >= 0.6 is 24.0 Å². The number of halogens is 1. The van der Waals surface area contributed by atoms with Crippen molar-refractivity contribution in [2.75, 3.05) is 43.4 Å². The van der Waals surface area contributed by atoms with Gasteiger partial charge in [0.05, 0.1) is 29.2 Å². The molecule has 158 valence electrons. The molecule has 1 aromatic carbocycles. The average molecular weight is 530 g/mol. The Hall–Kier alpha value is -1.95. The van der Waals surface area contributed by atoms with Crippen LogP contribution in [0.4, 0.5) is 5.69 Å². The molecule has 0 aliphatic carbocycles. The van der Waals surface area contributed by atoms with E-state index >= 15 is 0 Å². The second kappa shape index (κ2) is 11.3. The molecule has 10 heteroatoms. The fraction of sp³-hybridized carbons (Fsp3) is 0.421. The maximum Gasteiger partial charge on any atom is 0.246 e. The number of aromatic nitrogens is 2. The molecule has 0 bridgehead atoms. The number of carbonyl (C=O) groups is 1. The first kappa shape index (κ1) is 23.3. The van der Waals surface area contributed by atoms with E-state index in [-0.39, 0.29) is 36.4 Å². The van der Waals surface area contributed by atoms with Gasteiger partial charge in [0.25, 0.3) is 0 Å². The molecule has 29 heavy (non-hydrogen) atoms. The molecule has 3 rings (SSSR count). The van der Waals surface area contributed by atoms with E-state index in [0.717, 1.165) is 10.6 Å². The molecule has 2 aromatic rings. The summed E-state index contributed by atoms with van der Waals surface area (Å²) < 4.78 is 14.0. The number of rotatable bonds is 6. The van der Waals surface area contributed by atoms with Crippen LogP contribution in [-0.2, 0) is 22.6 Å². The van der Waals surface area contributed by atoms with Gasteiger partial charge < -0.3 is 15.1 Å². The van der Waals surface area contributed by atoms with Gasteiger partial charge in [-0.05, 0) is 19.1 Å². The van der Waals surface area contributed by atoms with Crippen LogP contribution in [0, 0.1) is 0 Å². The highest BCUT2D eigenvalue weighted by Gasteiger charge is 2.27. The molecule has 1 unspecified atom stereocenters. The number of hydrogen-bond donors (Lipinski definition) is 1. The Morgan fingerprint density at radius 2 is 2.03 bits per heavy atom. The minimum absolute atomic E-state index is 0. The van der Waals surface area contributed by atoms with Gasteiger partial charge in [0.15, 0.2) is 5.96 Å². The van der Waals surface area contributed by atoms with Crippen LogP contribution in [0.1, 0.15) is 6.92 Å². The number of amides is 1. The second-order valence-electron chi connectivity index (χ2n) is 6.44. The van der Waals surface area contributed by atoms with E-state index < -0.39 is 10.8 Å². The summed E-state index contributed by atoms with van der Waals surface area (Å²) in [6, 6.07) is 9.40. The zero-order valence-electron chi connectivity index (χ0n) is 16.7. The van der Waals surface area contributed by atoms with Crippen molar-refractivity contribution in [3.63, 3.8) is 0 Å². The number of aliphatic imine (C=N–C) groups is 1. The topological polar surface area (TPSA) is 82.8 Å². The third-order valence-corrected chi connectivity index (χ3v) is 5.75. The van der Waals surface area contributed by atoms with Crippen LogP contribution in [0.25, 0.3) is 0 Å². The molecular formula is C19H27IN6O2S. The number of carbonyl (C=O) groups excluding carboxylic acids is 1. The normalized spacial score (nSPS) is 15.8. The molecule has 1 aromatic heterocycles. The molecule has 8 nitrogen and oxygen atoms in total. The van der Waals surface area contributed by atoms with E-state index in [9.17, 15) is 9.00 Å². The summed E-state index contributed by atoms with van der Waals surface area (Å²) in [6.07, 6.45) is 3.54. The lowest BCUT2D eigenvalue weighted by Crippen LogP contribution is -2.55. The molecule has 0 saturated carbocycles. The highest BCUT2D eigenvalue weighted by molar-refractivity contribution is 14.0. The fourth-order valence-electron chi connectivity index (χ4n) is 3.03. The SMILES string of the molecule is CCNC(=NCCS(=O)c1ccccc1)N1CCN(c2cnn(C)c2)C(=O)C1.I. The first-order valence-corrected chi connectivity index (χ1v) is 10.7. The monoisotopic (exact) mass is 530 g/mol. The van der Waals surface area contributed by atoms with E-state index in [4.69, 9.17) is 0 Å². The van der Waals surface area contributed by atoms with Crippen molar-refractivity contribution in [1.29, 1.82) is 0 Å². The first-order chi connectivity index (χ1) is 13.6. The molecule has 1 N–H and O–H groups in total. The summed E-state index contributed by atoms with van der Waals surface area (Å²) in [5, 5.41) is 7.37. The Morgan fingerprint density at radius 3 is 2.66 bits per heavy atom. The highest BCUT2D eigenvalue weighted by atomic mass is 127. The number of nitrogens with zero attached hydrogens (tertiary/aromatic N) is 5. The van der Waals surface area contributed by atoms with Crippen molar-refractivity contribution in [3.8, 4) is 0 Å². The molecule has 0 radical (unpaired) electrons. The van der Waals surface area contributed by atoms with Gasteiger partial charge in [0.1, 0.15) is 6.54 Å². The number of aryl methyl sites for hydroxylation is 1. The zero-order chi connectivity index (χ0) is 19.9. The number of benzene rings is 1. The summed E-state index contributed by atoms with van der Waals surface area (Å²) in [7, 11) is 0.751. The van der Waals surface area contributed by atoms with E-state index in [1.165, 1.54) is 0 Å². The average Bonchev–Trinajstić information content (AvgIpc) is 3.13. The highest BCUT2D eigenvalue weighted by Crippen LogP contribution is 2.16. The Morgan fingerprint density at radius 1 is 1.28 bits per heavy atom. The predicted octanol–water partition coefficient (Wildman–Crippen LogP) is 1.46. The molecule has 1 saturated heterocycles. The predicted molar refractivity (Wildman–Crippen MR) is 126 cm³/mol. The van der Waals surface area contributed by atoms with E-state index in [0.29, 0.717) is 37.9 Å². The standard InChI is InChI=1S/C19H26N6O2S.HI/c1-3-20-19(21-9-12-28(27)17-7-5-4-6-8-17)24-10-11-25(18(26)15-24)16-13-22-23(2)14-16;/h4-8,13-14H,3,9-12,15H2,1-2H3,(H,20,21);1H. The van der Waals surface area contributed by atoms with Crippen LogP contribution in [0.5, 0.6) is 0 Å². The van der Waals surface area contributed by atoms with Crippen molar-refractivity contribution in [3.05, 3.63) is 42.7 Å². The summed E-state index contributed by atoms with van der Waals surface area (Å²) in [5.74, 6) is 1.15. The lowest BCUT2D eigenvalue weighted by Gasteiger charge is -2.35. The number of piperazine rings is 1. The number of anilines is 1. The van der Waals surface area contributed by atoms with Gasteiger partial charge in [-0.25, -0.2) is 0 Å². The van der Waals surface area contributed by atoms with Crippen molar-refractivity contribution < 1.29 is 9.00 Å². The maximum absolute atomic E-state index is 12.6. The summed E-state index contributed by atoms with van der Waals surface area (Å²) >= 11 is 0. The van der Waals surface area contributed by atoms with Crippen LogP contribution in [-0.4, -0.2) is 69.2 Å². The van der Waals surface area contributed by atoms with Gasteiger partial charge in [-0.15, -0.1) is 24.0 Å². The summed E-state index contributed by atoms with van der Waals surface area (Å²) in [4.78, 5) is 21.7. The second-order valence-corrected chi connectivity index (χ2v) is 8.01. The summed E-state index contributed by atoms with van der Waals surface area (Å²) in [5.41, 5.74) is 0.812. The van der Waals surface area contributed by atoms with Gasteiger partial charge in [-0.2, -0.15) is 5.10 Å². The first-order valence-electron chi connectivity index (χ1n) is 9.34. The van der Waals surface area contributed by atoms with Crippen LogP contribution in [0.2, 0.25) is 0 Å². The molecular weight excluding hydrogens is 503 g/mol. The van der Waals surface area contributed by atoms with Gasteiger partial charge in [-0.1, -0.05) is 18.2 Å². The maximum atomic E-state index is 12.6. The van der Waals surface area contributed by atoms with E-state index in [1.807, 2.05) is 55.4 Å². The van der Waals surface area contributed by atoms with Crippen molar-refractivity contribution >= 4 is 52.3 Å². The van der Waals surface area contributed by atoms with Crippen molar-refractivity contribution in [1.82, 2.24) is 20.0 Å². The molecule has 1 fully saturated rings. The van der Waals surface area contributed by atoms with Crippen LogP contribution in [0.3, 0.4) is 0 Å². The largest absolute Gasteiger partial charge is 0.357 e. The summed E-state index contributed by atoms with van der Waals surface area (Å²) in [6.45, 7) is 4.63. The minimum atomic E-state index is -1.08. The van der Waals surface area contributed by atoms with E-state index in [2.05, 4.69) is 15.4 Å². The molecule has 0 spiro atoms. The zero-order valence-corrected chi connectivity index (χ0v) is 19.8. The quantitative estimate of drug-likeness (QED) is 0.348. The minimum Gasteiger partial charge on any atom is -0.357 e. The van der Waals surface area contributed by atoms with Crippen molar-refractivity contribution in [2.45, 2.75) is 11.8 Å². The van der Waals surface area contributed by atoms with E-state index in [1.54, 1.807) is 15.8 Å². The third-order valence-electron chi connectivity index (χ3n) is 4.40.